The maximum absolute atomic E-state index is 10.9. The first-order valence-electron chi connectivity index (χ1n) is 4.71. The van der Waals surface area contributed by atoms with Crippen LogP contribution in [0.25, 0.3) is 0 Å². The van der Waals surface area contributed by atoms with Crippen molar-refractivity contribution in [1.29, 1.82) is 0 Å². The largest absolute Gasteiger partial charge is 0.425 e. The van der Waals surface area contributed by atoms with Gasteiger partial charge in [-0.3, -0.25) is 19.2 Å². The van der Waals surface area contributed by atoms with E-state index in [0.29, 0.717) is 0 Å². The lowest BCUT2D eigenvalue weighted by Gasteiger charge is -2.01. The Labute approximate surface area is 101 Å². The molecule has 0 aliphatic heterocycles. The van der Waals surface area contributed by atoms with Gasteiger partial charge < -0.3 is 9.47 Å². The summed E-state index contributed by atoms with van der Waals surface area (Å²) in [5.41, 5.74) is 0. The Morgan fingerprint density at radius 1 is 0.667 bits per heavy atom. The lowest BCUT2D eigenvalue weighted by atomic mass is 10.3. The van der Waals surface area contributed by atoms with Crippen molar-refractivity contribution in [2.75, 3.05) is 0 Å². The molecule has 0 aliphatic carbocycles. The molecule has 0 atom stereocenters. The maximum atomic E-state index is 10.9. The van der Waals surface area contributed by atoms with Crippen LogP contribution in [-0.4, -0.2) is 35.4 Å². The van der Waals surface area contributed by atoms with Gasteiger partial charge in [0.15, 0.2) is 0 Å². The topological polar surface area (TPSA) is 121 Å². The Bertz CT molecular complexity index is 380. The van der Waals surface area contributed by atoms with E-state index >= 15 is 0 Å². The normalized spacial score (nSPS) is 9.22. The SMILES string of the molecule is CC(=O)CC(=O)OC(=O)C(=O)OC(=O)CC(C)=O. The van der Waals surface area contributed by atoms with Crippen LogP contribution in [0.15, 0.2) is 0 Å². The fourth-order valence-corrected chi connectivity index (χ4v) is 0.769. The van der Waals surface area contributed by atoms with Crippen molar-refractivity contribution >= 4 is 35.4 Å². The molecule has 0 spiro atoms. The summed E-state index contributed by atoms with van der Waals surface area (Å²) in [7, 11) is 0. The molecule has 0 N–H and O–H groups in total. The summed E-state index contributed by atoms with van der Waals surface area (Å²) in [6.45, 7) is 2.17. The predicted molar refractivity (Wildman–Crippen MR) is 52.8 cm³/mol. The molecular formula is C10H10O8. The van der Waals surface area contributed by atoms with Gasteiger partial charge in [0, 0.05) is 0 Å². The number of ether oxygens (including phenoxy) is 2. The summed E-state index contributed by atoms with van der Waals surface area (Å²) in [6.07, 6.45) is -1.36. The van der Waals surface area contributed by atoms with Gasteiger partial charge in [-0.25, -0.2) is 9.59 Å². The molecule has 0 saturated heterocycles. The Kier molecular flexibility index (Phi) is 6.11. The minimum Gasteiger partial charge on any atom is -0.384 e. The Hall–Kier alpha value is -2.38. The van der Waals surface area contributed by atoms with Gasteiger partial charge in [0.25, 0.3) is 0 Å². The van der Waals surface area contributed by atoms with Gasteiger partial charge in [-0.1, -0.05) is 0 Å². The number of carbonyl (C=O) groups excluding carboxylic acids is 6. The van der Waals surface area contributed by atoms with Crippen LogP contribution < -0.4 is 0 Å². The van der Waals surface area contributed by atoms with E-state index in [1.54, 1.807) is 0 Å². The van der Waals surface area contributed by atoms with Gasteiger partial charge in [0.2, 0.25) is 0 Å². The number of hydrogen-bond donors (Lipinski definition) is 0. The molecule has 0 saturated carbocycles. The van der Waals surface area contributed by atoms with Gasteiger partial charge in [-0.05, 0) is 13.8 Å². The lowest BCUT2D eigenvalue weighted by molar-refractivity contribution is -0.177. The van der Waals surface area contributed by atoms with Gasteiger partial charge in [0.05, 0.1) is 0 Å². The average Bonchev–Trinajstić information content (AvgIpc) is 2.13. The average molecular weight is 258 g/mol. The summed E-state index contributed by atoms with van der Waals surface area (Å²) in [5.74, 6) is -7.04. The lowest BCUT2D eigenvalue weighted by Crippen LogP contribution is -2.27. The zero-order valence-corrected chi connectivity index (χ0v) is 9.68. The van der Waals surface area contributed by atoms with E-state index < -0.39 is 48.3 Å². The van der Waals surface area contributed by atoms with Crippen molar-refractivity contribution in [1.82, 2.24) is 0 Å². The summed E-state index contributed by atoms with van der Waals surface area (Å²) in [5, 5.41) is 0. The Morgan fingerprint density at radius 3 is 1.17 bits per heavy atom. The molecule has 0 heterocycles. The molecule has 0 unspecified atom stereocenters. The number of carbonyl (C=O) groups is 6. The van der Waals surface area contributed by atoms with Gasteiger partial charge >= 0.3 is 23.9 Å². The fraction of sp³-hybridized carbons (Fsp3) is 0.400. The van der Waals surface area contributed by atoms with Crippen LogP contribution in [0.2, 0.25) is 0 Å². The standard InChI is InChI=1S/C10H10O8/c1-5(11)3-7(13)17-9(15)10(16)18-8(14)4-6(2)12/h3-4H2,1-2H3. The van der Waals surface area contributed by atoms with Crippen molar-refractivity contribution < 1.29 is 38.2 Å². The molecule has 0 aliphatic rings. The first-order chi connectivity index (χ1) is 8.22. The second kappa shape index (κ2) is 7.05. The van der Waals surface area contributed by atoms with E-state index in [2.05, 4.69) is 9.47 Å². The molecule has 0 radical (unpaired) electrons. The summed E-state index contributed by atoms with van der Waals surface area (Å²) in [4.78, 5) is 64.4. The molecule has 0 aromatic heterocycles. The maximum Gasteiger partial charge on any atom is 0.425 e. The van der Waals surface area contributed by atoms with E-state index in [0.717, 1.165) is 13.8 Å². The van der Waals surface area contributed by atoms with E-state index in [-0.39, 0.29) is 0 Å². The molecule has 0 aromatic rings. The smallest absolute Gasteiger partial charge is 0.384 e. The number of esters is 4. The highest BCUT2D eigenvalue weighted by Crippen LogP contribution is 1.94. The van der Waals surface area contributed by atoms with Crippen LogP contribution in [-0.2, 0) is 38.2 Å². The molecule has 98 valence electrons. The Balaban J connectivity index is 4.23. The van der Waals surface area contributed by atoms with Gasteiger partial charge in [-0.15, -0.1) is 0 Å². The summed E-state index contributed by atoms with van der Waals surface area (Å²) < 4.78 is 7.84. The molecule has 18 heavy (non-hydrogen) atoms. The Morgan fingerprint density at radius 2 is 0.944 bits per heavy atom. The van der Waals surface area contributed by atoms with Crippen molar-refractivity contribution in [3.63, 3.8) is 0 Å². The monoisotopic (exact) mass is 258 g/mol. The van der Waals surface area contributed by atoms with Crippen molar-refractivity contribution in [3.05, 3.63) is 0 Å². The minimum atomic E-state index is -1.72. The van der Waals surface area contributed by atoms with Crippen LogP contribution >= 0.6 is 0 Å². The van der Waals surface area contributed by atoms with Crippen LogP contribution in [0.3, 0.4) is 0 Å². The highest BCUT2D eigenvalue weighted by atomic mass is 16.6. The van der Waals surface area contributed by atoms with E-state index in [9.17, 15) is 28.8 Å². The third-order valence-corrected chi connectivity index (χ3v) is 1.37. The first-order valence-corrected chi connectivity index (χ1v) is 4.71. The van der Waals surface area contributed by atoms with Gasteiger partial charge in [-0.2, -0.15) is 0 Å². The molecule has 0 fully saturated rings. The highest BCUT2D eigenvalue weighted by molar-refractivity contribution is 6.33. The zero-order valence-electron chi connectivity index (χ0n) is 9.68. The fourth-order valence-electron chi connectivity index (χ4n) is 0.769. The van der Waals surface area contributed by atoms with E-state index in [1.807, 2.05) is 0 Å². The second-order valence-corrected chi connectivity index (χ2v) is 3.28. The summed E-state index contributed by atoms with van der Waals surface area (Å²) >= 11 is 0. The van der Waals surface area contributed by atoms with Crippen molar-refractivity contribution in [2.24, 2.45) is 0 Å². The minimum absolute atomic E-state index is 0.561. The zero-order chi connectivity index (χ0) is 14.3. The first kappa shape index (κ1) is 15.6. The van der Waals surface area contributed by atoms with Crippen LogP contribution in [0.4, 0.5) is 0 Å². The van der Waals surface area contributed by atoms with Crippen molar-refractivity contribution in [2.45, 2.75) is 26.7 Å². The van der Waals surface area contributed by atoms with E-state index in [4.69, 9.17) is 0 Å². The summed E-state index contributed by atoms with van der Waals surface area (Å²) in [6, 6.07) is 0. The van der Waals surface area contributed by atoms with Crippen LogP contribution in [0, 0.1) is 0 Å². The van der Waals surface area contributed by atoms with Crippen molar-refractivity contribution in [3.8, 4) is 0 Å². The predicted octanol–water partition coefficient (Wildman–Crippen LogP) is -0.916. The molecule has 8 nitrogen and oxygen atoms in total. The number of ketones is 2. The highest BCUT2D eigenvalue weighted by Gasteiger charge is 2.25. The van der Waals surface area contributed by atoms with Crippen LogP contribution in [0.1, 0.15) is 26.7 Å². The second-order valence-electron chi connectivity index (χ2n) is 3.28. The molecular weight excluding hydrogens is 248 g/mol. The van der Waals surface area contributed by atoms with Gasteiger partial charge in [0.1, 0.15) is 24.4 Å². The molecule has 0 bridgehead atoms. The molecule has 0 aromatic carbocycles. The third-order valence-electron chi connectivity index (χ3n) is 1.37. The number of rotatable bonds is 4. The van der Waals surface area contributed by atoms with Crippen LogP contribution in [0.5, 0.6) is 0 Å². The third kappa shape index (κ3) is 6.99. The molecule has 0 rings (SSSR count). The quantitative estimate of drug-likeness (QED) is 0.360. The number of hydrogen-bond acceptors (Lipinski definition) is 8. The number of Topliss-reactive ketones (excluding diaryl/α,β-unsaturated/α-hetero) is 2. The molecule has 8 heteroatoms. The van der Waals surface area contributed by atoms with E-state index in [1.165, 1.54) is 0 Å². The molecule has 0 amide bonds.